The number of thiazole rings is 1. The number of nitrogens with one attached hydrogen (secondary N) is 2. The first-order chi connectivity index (χ1) is 12.1. The van der Waals surface area contributed by atoms with Crippen molar-refractivity contribution in [1.82, 2.24) is 20.2 Å². The zero-order valence-corrected chi connectivity index (χ0v) is 15.1. The van der Waals surface area contributed by atoms with Gasteiger partial charge in [-0.2, -0.15) is 0 Å². The predicted molar refractivity (Wildman–Crippen MR) is 94.0 cm³/mol. The molecule has 2 aromatic rings. The highest BCUT2D eigenvalue weighted by Gasteiger charge is 2.29. The van der Waals surface area contributed by atoms with E-state index in [-0.39, 0.29) is 18.4 Å². The van der Waals surface area contributed by atoms with Gasteiger partial charge in [0.2, 0.25) is 5.88 Å². The van der Waals surface area contributed by atoms with Crippen molar-refractivity contribution in [2.45, 2.75) is 20.0 Å². The van der Waals surface area contributed by atoms with Crippen molar-refractivity contribution in [2.24, 2.45) is 0 Å². The highest BCUT2D eigenvalue weighted by molar-refractivity contribution is 7.13. The van der Waals surface area contributed by atoms with Crippen molar-refractivity contribution >= 4 is 28.3 Å². The molecule has 0 bridgehead atoms. The van der Waals surface area contributed by atoms with Gasteiger partial charge in [0.05, 0.1) is 24.9 Å². The molecule has 0 spiro atoms. The Morgan fingerprint density at radius 3 is 2.88 bits per heavy atom. The fourth-order valence-corrected chi connectivity index (χ4v) is 3.27. The molecule has 0 fully saturated rings. The fraction of sp³-hybridized carbons (Fsp3) is 0.375. The van der Waals surface area contributed by atoms with Crippen molar-refractivity contribution in [2.75, 3.05) is 26.0 Å². The Labute approximate surface area is 149 Å². The van der Waals surface area contributed by atoms with Crippen LogP contribution in [-0.2, 0) is 13.1 Å². The van der Waals surface area contributed by atoms with Crippen molar-refractivity contribution < 1.29 is 14.3 Å². The number of methoxy groups -OCH3 is 1. The predicted octanol–water partition coefficient (Wildman–Crippen LogP) is 1.49. The lowest BCUT2D eigenvalue weighted by Gasteiger charge is -2.10. The fourth-order valence-electron chi connectivity index (χ4n) is 2.62. The number of pyridine rings is 1. The maximum Gasteiger partial charge on any atom is 0.271 e. The van der Waals surface area contributed by atoms with Crippen molar-refractivity contribution in [3.63, 3.8) is 0 Å². The van der Waals surface area contributed by atoms with Crippen molar-refractivity contribution in [3.05, 3.63) is 34.0 Å². The van der Waals surface area contributed by atoms with E-state index in [4.69, 9.17) is 4.74 Å². The van der Waals surface area contributed by atoms with Gasteiger partial charge in [-0.25, -0.2) is 9.97 Å². The van der Waals surface area contributed by atoms with Crippen LogP contribution in [0.25, 0.3) is 0 Å². The molecule has 2 amide bonds. The number of carbonyl (C=O) groups is 2. The van der Waals surface area contributed by atoms with Crippen LogP contribution in [0, 0.1) is 0 Å². The van der Waals surface area contributed by atoms with Crippen LogP contribution in [0.3, 0.4) is 0 Å². The molecule has 2 aromatic heterocycles. The number of nitrogens with zero attached hydrogens (tertiary/aromatic N) is 3. The topological polar surface area (TPSA) is 96.4 Å². The number of aromatic nitrogens is 2. The maximum absolute atomic E-state index is 12.3. The Hall–Kier alpha value is -2.68. The molecule has 0 aliphatic carbocycles. The van der Waals surface area contributed by atoms with E-state index < -0.39 is 0 Å². The number of ether oxygens (including phenoxy) is 1. The van der Waals surface area contributed by atoms with E-state index in [9.17, 15) is 9.59 Å². The molecule has 0 atom stereocenters. The van der Waals surface area contributed by atoms with Gasteiger partial charge in [0.15, 0.2) is 5.13 Å². The maximum atomic E-state index is 12.3. The molecule has 3 heterocycles. The number of hydrogen-bond donors (Lipinski definition) is 2. The molecule has 0 aromatic carbocycles. The Kier molecular flexibility index (Phi) is 4.84. The van der Waals surface area contributed by atoms with E-state index in [1.165, 1.54) is 18.4 Å². The summed E-state index contributed by atoms with van der Waals surface area (Å²) >= 11 is 1.36. The summed E-state index contributed by atoms with van der Waals surface area (Å²) in [4.78, 5) is 34.8. The van der Waals surface area contributed by atoms with Gasteiger partial charge in [-0.3, -0.25) is 9.59 Å². The third-order valence-corrected chi connectivity index (χ3v) is 4.82. The minimum atomic E-state index is -0.290. The third-order valence-electron chi connectivity index (χ3n) is 3.96. The third kappa shape index (κ3) is 3.27. The van der Waals surface area contributed by atoms with E-state index >= 15 is 0 Å². The number of rotatable bonds is 6. The van der Waals surface area contributed by atoms with E-state index in [1.54, 1.807) is 23.4 Å². The minimum Gasteiger partial charge on any atom is -0.481 e. The summed E-state index contributed by atoms with van der Waals surface area (Å²) < 4.78 is 5.32. The van der Waals surface area contributed by atoms with Gasteiger partial charge in [-0.15, -0.1) is 11.3 Å². The first-order valence-electron chi connectivity index (χ1n) is 7.84. The quantitative estimate of drug-likeness (QED) is 0.809. The molecule has 8 nitrogen and oxygen atoms in total. The van der Waals surface area contributed by atoms with Crippen LogP contribution < -0.4 is 15.4 Å². The zero-order chi connectivity index (χ0) is 18.0. The Morgan fingerprint density at radius 2 is 2.24 bits per heavy atom. The van der Waals surface area contributed by atoms with E-state index in [2.05, 4.69) is 20.6 Å². The lowest BCUT2D eigenvalue weighted by Crippen LogP contribution is -2.24. The largest absolute Gasteiger partial charge is 0.481 e. The van der Waals surface area contributed by atoms with Gasteiger partial charge < -0.3 is 20.3 Å². The number of carbonyl (C=O) groups excluding carboxylic acids is 2. The molecule has 25 heavy (non-hydrogen) atoms. The van der Waals surface area contributed by atoms with E-state index in [0.717, 1.165) is 0 Å². The highest BCUT2D eigenvalue weighted by atomic mass is 32.1. The molecule has 0 radical (unpaired) electrons. The number of fused-ring (bicyclic) bond motifs is 1. The van der Waals surface area contributed by atoms with Gasteiger partial charge in [0.25, 0.3) is 11.8 Å². The molecule has 2 N–H and O–H groups in total. The number of hydrogen-bond acceptors (Lipinski definition) is 7. The summed E-state index contributed by atoms with van der Waals surface area (Å²) in [6, 6.07) is 1.75. The van der Waals surface area contributed by atoms with Crippen LogP contribution in [0.5, 0.6) is 5.88 Å². The van der Waals surface area contributed by atoms with Gasteiger partial charge in [0, 0.05) is 31.1 Å². The minimum absolute atomic E-state index is 0.0432. The second-order valence-electron chi connectivity index (χ2n) is 5.44. The standard InChI is InChI=1S/C16H19N5O3S/c1-4-21-7-11-10(15(21)23)5-9(14(19-11)24-3)6-18-13(22)12-8-25-16(17-2)20-12/h5,8H,4,6-7H2,1-3H3,(H,17,20)(H,18,22). The van der Waals surface area contributed by atoms with Crippen molar-refractivity contribution in [1.29, 1.82) is 0 Å². The summed E-state index contributed by atoms with van der Waals surface area (Å²) in [5, 5.41) is 8.04. The smallest absolute Gasteiger partial charge is 0.271 e. The molecule has 0 unspecified atom stereocenters. The number of anilines is 1. The summed E-state index contributed by atoms with van der Waals surface area (Å²) in [7, 11) is 3.27. The van der Waals surface area contributed by atoms with Gasteiger partial charge in [0.1, 0.15) is 5.69 Å². The van der Waals surface area contributed by atoms with Crippen LogP contribution in [0.15, 0.2) is 11.4 Å². The second kappa shape index (κ2) is 7.06. The zero-order valence-electron chi connectivity index (χ0n) is 14.3. The molecule has 0 saturated carbocycles. The van der Waals surface area contributed by atoms with E-state index in [1.807, 2.05) is 6.92 Å². The molecule has 1 aliphatic heterocycles. The first kappa shape index (κ1) is 17.2. The number of amides is 2. The lowest BCUT2D eigenvalue weighted by molar-refractivity contribution is 0.0786. The molecule has 3 rings (SSSR count). The monoisotopic (exact) mass is 361 g/mol. The molecule has 9 heteroatoms. The van der Waals surface area contributed by atoms with Gasteiger partial charge >= 0.3 is 0 Å². The molecular weight excluding hydrogens is 342 g/mol. The molecule has 0 saturated heterocycles. The van der Waals surface area contributed by atoms with Crippen LogP contribution >= 0.6 is 11.3 Å². The van der Waals surface area contributed by atoms with Gasteiger partial charge in [-0.05, 0) is 13.0 Å². The molecular formula is C16H19N5O3S. The van der Waals surface area contributed by atoms with Crippen LogP contribution in [0.1, 0.15) is 39.0 Å². The van der Waals surface area contributed by atoms with Crippen LogP contribution in [-0.4, -0.2) is 47.4 Å². The van der Waals surface area contributed by atoms with Crippen molar-refractivity contribution in [3.8, 4) is 5.88 Å². The van der Waals surface area contributed by atoms with Crippen LogP contribution in [0.4, 0.5) is 5.13 Å². The summed E-state index contributed by atoms with van der Waals surface area (Å²) in [5.74, 6) is 0.0826. The Bertz CT molecular complexity index is 820. The Balaban J connectivity index is 1.77. The highest BCUT2D eigenvalue weighted by Crippen LogP contribution is 2.27. The normalized spacial score (nSPS) is 12.9. The van der Waals surface area contributed by atoms with Crippen LogP contribution in [0.2, 0.25) is 0 Å². The molecule has 1 aliphatic rings. The molecule has 132 valence electrons. The second-order valence-corrected chi connectivity index (χ2v) is 6.30. The summed E-state index contributed by atoms with van der Waals surface area (Å²) in [6.45, 7) is 3.24. The SMILES string of the molecule is CCN1Cc2nc(OC)c(CNC(=O)c3csc(NC)n3)cc2C1=O. The lowest BCUT2D eigenvalue weighted by atomic mass is 10.1. The van der Waals surface area contributed by atoms with E-state index in [0.29, 0.717) is 46.6 Å². The summed E-state index contributed by atoms with van der Waals surface area (Å²) in [6.07, 6.45) is 0. The Morgan fingerprint density at radius 1 is 1.44 bits per heavy atom. The van der Waals surface area contributed by atoms with Gasteiger partial charge in [-0.1, -0.05) is 0 Å². The average Bonchev–Trinajstić information content (AvgIpc) is 3.23. The summed E-state index contributed by atoms with van der Waals surface area (Å²) in [5.41, 5.74) is 2.27. The average molecular weight is 361 g/mol. The first-order valence-corrected chi connectivity index (χ1v) is 8.72.